The molecule has 2 heterocycles. The molecule has 1 aromatic heterocycles. The summed E-state index contributed by atoms with van der Waals surface area (Å²) in [6.45, 7) is 3.40. The third-order valence-electron chi connectivity index (χ3n) is 6.01. The first kappa shape index (κ1) is 18.2. The molecule has 2 aromatic rings. The Morgan fingerprint density at radius 3 is 2.74 bits per heavy atom. The number of aromatic nitrogens is 3. The van der Waals surface area contributed by atoms with Crippen molar-refractivity contribution in [2.45, 2.75) is 45.2 Å². The summed E-state index contributed by atoms with van der Waals surface area (Å²) >= 11 is 0. The lowest BCUT2D eigenvalue weighted by Gasteiger charge is -2.35. The van der Waals surface area contributed by atoms with E-state index in [0.717, 1.165) is 64.0 Å². The third kappa shape index (κ3) is 4.21. The molecular weight excluding hydrogens is 338 g/mol. The fraction of sp³-hybridized carbons (Fsp3) is 0.571. The van der Waals surface area contributed by atoms with Crippen molar-refractivity contribution in [1.82, 2.24) is 25.2 Å². The van der Waals surface area contributed by atoms with Crippen molar-refractivity contribution in [1.29, 1.82) is 0 Å². The molecule has 1 aliphatic carbocycles. The molecule has 1 N–H and O–H groups in total. The van der Waals surface area contributed by atoms with Crippen LogP contribution in [0.15, 0.2) is 30.5 Å². The summed E-state index contributed by atoms with van der Waals surface area (Å²) < 4.78 is 1.95. The minimum absolute atomic E-state index is 0.163. The maximum Gasteiger partial charge on any atom is 0.226 e. The smallest absolute Gasteiger partial charge is 0.226 e. The molecule has 0 bridgehead atoms. The molecule has 2 aliphatic rings. The number of nitrogens with one attached hydrogen (secondary N) is 1. The van der Waals surface area contributed by atoms with Crippen molar-refractivity contribution in [2.75, 3.05) is 20.1 Å². The Morgan fingerprint density at radius 1 is 1.19 bits per heavy atom. The summed E-state index contributed by atoms with van der Waals surface area (Å²) in [6.07, 6.45) is 7.05. The van der Waals surface area contributed by atoms with Gasteiger partial charge in [0.15, 0.2) is 0 Å². The lowest BCUT2D eigenvalue weighted by molar-refractivity contribution is -0.137. The van der Waals surface area contributed by atoms with Gasteiger partial charge >= 0.3 is 0 Å². The van der Waals surface area contributed by atoms with Gasteiger partial charge in [0.1, 0.15) is 0 Å². The summed E-state index contributed by atoms with van der Waals surface area (Å²) in [6, 6.07) is 8.57. The highest BCUT2D eigenvalue weighted by molar-refractivity contribution is 5.79. The second-order valence-electron chi connectivity index (χ2n) is 7.94. The molecule has 27 heavy (non-hydrogen) atoms. The second kappa shape index (κ2) is 8.21. The zero-order valence-corrected chi connectivity index (χ0v) is 16.1. The first-order chi connectivity index (χ1) is 13.2. The topological polar surface area (TPSA) is 63.1 Å². The van der Waals surface area contributed by atoms with E-state index in [2.05, 4.69) is 44.8 Å². The van der Waals surface area contributed by atoms with Crippen LogP contribution in [0.5, 0.6) is 0 Å². The van der Waals surface area contributed by atoms with Gasteiger partial charge in [-0.1, -0.05) is 29.5 Å². The van der Waals surface area contributed by atoms with E-state index in [0.29, 0.717) is 11.8 Å². The first-order valence-electron chi connectivity index (χ1n) is 10.1. The highest BCUT2D eigenvalue weighted by atomic mass is 16.2. The normalized spacial score (nSPS) is 20.5. The number of nitrogens with zero attached hydrogens (tertiary/aromatic N) is 4. The zero-order valence-electron chi connectivity index (χ0n) is 16.1. The molecule has 1 fully saturated rings. The van der Waals surface area contributed by atoms with Crippen LogP contribution in [0.2, 0.25) is 0 Å². The van der Waals surface area contributed by atoms with Gasteiger partial charge in [0.25, 0.3) is 0 Å². The van der Waals surface area contributed by atoms with Crippen molar-refractivity contribution in [3.63, 3.8) is 0 Å². The molecule has 1 aliphatic heterocycles. The summed E-state index contributed by atoms with van der Waals surface area (Å²) in [5.74, 6) is 1.10. The highest BCUT2D eigenvalue weighted by Gasteiger charge is 2.30. The van der Waals surface area contributed by atoms with Crippen molar-refractivity contribution in [3.05, 3.63) is 47.3 Å². The van der Waals surface area contributed by atoms with Gasteiger partial charge in [0, 0.05) is 38.3 Å². The molecule has 0 radical (unpaired) electrons. The summed E-state index contributed by atoms with van der Waals surface area (Å²) in [4.78, 5) is 15.1. The van der Waals surface area contributed by atoms with Crippen LogP contribution < -0.4 is 5.32 Å². The van der Waals surface area contributed by atoms with Crippen LogP contribution in [0.4, 0.5) is 0 Å². The predicted molar refractivity (Wildman–Crippen MR) is 104 cm³/mol. The Kier molecular flexibility index (Phi) is 5.53. The van der Waals surface area contributed by atoms with Crippen LogP contribution >= 0.6 is 0 Å². The van der Waals surface area contributed by atoms with Crippen molar-refractivity contribution < 1.29 is 4.79 Å². The van der Waals surface area contributed by atoms with E-state index in [1.165, 1.54) is 11.1 Å². The van der Waals surface area contributed by atoms with Crippen LogP contribution in [0.3, 0.4) is 0 Å². The third-order valence-corrected chi connectivity index (χ3v) is 6.01. The SMILES string of the molecule is CNCc1cn(CC2CCN(C(=O)C3CCc4ccccc4C3)CC2)nn1. The molecular formula is C21H29N5O. The number of likely N-dealkylation sites (tertiary alicyclic amines) is 1. The zero-order chi connectivity index (χ0) is 18.6. The molecule has 6 nitrogen and oxygen atoms in total. The standard InChI is InChI=1S/C21H29N5O/c1-22-13-20-15-26(24-23-20)14-16-8-10-25(11-9-16)21(27)19-7-6-17-4-2-3-5-18(17)12-19/h2-5,15-16,19,22H,6-14H2,1H3. The average molecular weight is 367 g/mol. The number of hydrogen-bond donors (Lipinski definition) is 1. The fourth-order valence-corrected chi connectivity index (χ4v) is 4.46. The van der Waals surface area contributed by atoms with Gasteiger partial charge in [-0.3, -0.25) is 9.48 Å². The van der Waals surface area contributed by atoms with Crippen LogP contribution in [0.25, 0.3) is 0 Å². The largest absolute Gasteiger partial charge is 0.342 e. The molecule has 1 saturated heterocycles. The number of fused-ring (bicyclic) bond motifs is 1. The Hall–Kier alpha value is -2.21. The average Bonchev–Trinajstić information content (AvgIpc) is 3.15. The number of aryl methyl sites for hydroxylation is 1. The second-order valence-corrected chi connectivity index (χ2v) is 7.94. The van der Waals surface area contributed by atoms with E-state index in [1.807, 2.05) is 17.9 Å². The van der Waals surface area contributed by atoms with Crippen LogP contribution in [-0.2, 0) is 30.7 Å². The van der Waals surface area contributed by atoms with E-state index in [1.54, 1.807) is 0 Å². The van der Waals surface area contributed by atoms with Gasteiger partial charge in [-0.25, -0.2) is 0 Å². The van der Waals surface area contributed by atoms with Crippen LogP contribution in [0, 0.1) is 11.8 Å². The van der Waals surface area contributed by atoms with Gasteiger partial charge in [-0.2, -0.15) is 0 Å². The van der Waals surface area contributed by atoms with E-state index >= 15 is 0 Å². The maximum atomic E-state index is 13.0. The number of piperidine rings is 1. The summed E-state index contributed by atoms with van der Waals surface area (Å²) in [5, 5.41) is 11.5. The van der Waals surface area contributed by atoms with Crippen molar-refractivity contribution in [3.8, 4) is 0 Å². The Morgan fingerprint density at radius 2 is 1.96 bits per heavy atom. The molecule has 0 spiro atoms. The number of carbonyl (C=O) groups is 1. The molecule has 6 heteroatoms. The Bertz CT molecular complexity index is 778. The Labute approximate surface area is 160 Å². The van der Waals surface area contributed by atoms with Gasteiger partial charge in [0.05, 0.1) is 5.69 Å². The molecule has 1 atom stereocenters. The lowest BCUT2D eigenvalue weighted by Crippen LogP contribution is -2.43. The minimum Gasteiger partial charge on any atom is -0.342 e. The van der Waals surface area contributed by atoms with E-state index in [9.17, 15) is 4.79 Å². The van der Waals surface area contributed by atoms with Crippen LogP contribution in [0.1, 0.15) is 36.1 Å². The lowest BCUT2D eigenvalue weighted by atomic mass is 9.82. The van der Waals surface area contributed by atoms with E-state index in [4.69, 9.17) is 0 Å². The number of benzene rings is 1. The molecule has 144 valence electrons. The number of rotatable bonds is 5. The van der Waals surface area contributed by atoms with Gasteiger partial charge in [-0.15, -0.1) is 5.10 Å². The number of carbonyl (C=O) groups excluding carboxylic acids is 1. The Balaban J connectivity index is 1.28. The molecule has 0 saturated carbocycles. The molecule has 1 amide bonds. The van der Waals surface area contributed by atoms with Crippen molar-refractivity contribution in [2.24, 2.45) is 11.8 Å². The monoisotopic (exact) mass is 367 g/mol. The van der Waals surface area contributed by atoms with E-state index < -0.39 is 0 Å². The van der Waals surface area contributed by atoms with E-state index in [-0.39, 0.29) is 5.92 Å². The molecule has 1 unspecified atom stereocenters. The maximum absolute atomic E-state index is 13.0. The molecule has 1 aromatic carbocycles. The van der Waals surface area contributed by atoms with Gasteiger partial charge in [0.2, 0.25) is 5.91 Å². The fourth-order valence-electron chi connectivity index (χ4n) is 4.46. The first-order valence-corrected chi connectivity index (χ1v) is 10.1. The van der Waals surface area contributed by atoms with Gasteiger partial charge < -0.3 is 10.2 Å². The highest BCUT2D eigenvalue weighted by Crippen LogP contribution is 2.28. The summed E-state index contributed by atoms with van der Waals surface area (Å²) in [7, 11) is 1.91. The van der Waals surface area contributed by atoms with Crippen LogP contribution in [-0.4, -0.2) is 45.9 Å². The number of amides is 1. The minimum atomic E-state index is 0.163. The van der Waals surface area contributed by atoms with Gasteiger partial charge in [-0.05, 0) is 56.2 Å². The molecule has 4 rings (SSSR count). The predicted octanol–water partition coefficient (Wildman–Crippen LogP) is 2.04. The van der Waals surface area contributed by atoms with Crippen molar-refractivity contribution >= 4 is 5.91 Å². The number of hydrogen-bond acceptors (Lipinski definition) is 4. The summed E-state index contributed by atoms with van der Waals surface area (Å²) in [5.41, 5.74) is 3.76. The quantitative estimate of drug-likeness (QED) is 0.878.